The first-order valence-electron chi connectivity index (χ1n) is 12.4. The number of rotatable bonds is 14. The van der Waals surface area contributed by atoms with Crippen molar-refractivity contribution < 1.29 is 9.53 Å². The topological polar surface area (TPSA) is 42.1 Å². The van der Waals surface area contributed by atoms with Crippen molar-refractivity contribution in [3.05, 3.63) is 70.9 Å². The highest BCUT2D eigenvalue weighted by molar-refractivity contribution is 6.18. The molecule has 0 aliphatic heterocycles. The Kier molecular flexibility index (Phi) is 9.55. The summed E-state index contributed by atoms with van der Waals surface area (Å²) in [5, 5.41) is 1.11. The van der Waals surface area contributed by atoms with E-state index in [1.54, 1.807) is 0 Å². The molecular weight excluding hydrogens is 394 g/mol. The fourth-order valence-corrected chi connectivity index (χ4v) is 4.67. The van der Waals surface area contributed by atoms with Crippen LogP contribution in [0, 0.1) is 6.92 Å². The molecular formula is C29H39NO2. The summed E-state index contributed by atoms with van der Waals surface area (Å²) in [7, 11) is 0. The molecule has 0 radical (unpaired) electrons. The molecule has 1 heterocycles. The van der Waals surface area contributed by atoms with E-state index in [4.69, 9.17) is 4.74 Å². The molecule has 1 unspecified atom stereocenters. The van der Waals surface area contributed by atoms with Gasteiger partial charge in [0.2, 0.25) is 0 Å². The number of hydrogen-bond acceptors (Lipinski definition) is 2. The predicted octanol–water partition coefficient (Wildman–Crippen LogP) is 7.97. The van der Waals surface area contributed by atoms with Gasteiger partial charge < -0.3 is 9.72 Å². The fraction of sp³-hybridized carbons (Fsp3) is 0.483. The Labute approximate surface area is 193 Å². The highest BCUT2D eigenvalue weighted by Gasteiger charge is 2.21. The van der Waals surface area contributed by atoms with Crippen molar-refractivity contribution in [2.75, 3.05) is 13.2 Å². The summed E-state index contributed by atoms with van der Waals surface area (Å²) in [6, 6.07) is 16.0. The number of hydrogen-bond donors (Lipinski definition) is 1. The fourth-order valence-electron chi connectivity index (χ4n) is 4.67. The zero-order chi connectivity index (χ0) is 22.8. The highest BCUT2D eigenvalue weighted by atomic mass is 16.5. The van der Waals surface area contributed by atoms with Gasteiger partial charge in [0.25, 0.3) is 0 Å². The first kappa shape index (κ1) is 24.3. The van der Waals surface area contributed by atoms with Gasteiger partial charge in [0, 0.05) is 35.4 Å². The molecule has 0 aliphatic rings. The maximum atomic E-state index is 13.3. The lowest BCUT2D eigenvalue weighted by Crippen LogP contribution is -2.04. The zero-order valence-corrected chi connectivity index (χ0v) is 20.1. The normalized spacial score (nSPS) is 12.3. The minimum atomic E-state index is 0.110. The molecule has 3 aromatic rings. The van der Waals surface area contributed by atoms with E-state index < -0.39 is 0 Å². The van der Waals surface area contributed by atoms with Crippen molar-refractivity contribution >= 4 is 16.7 Å². The quantitative estimate of drug-likeness (QED) is 0.207. The molecule has 0 saturated carbocycles. The van der Waals surface area contributed by atoms with Crippen LogP contribution in [-0.2, 0) is 4.74 Å². The maximum absolute atomic E-state index is 13.3. The third-order valence-electron chi connectivity index (χ3n) is 6.47. The van der Waals surface area contributed by atoms with Crippen molar-refractivity contribution in [2.24, 2.45) is 0 Å². The van der Waals surface area contributed by atoms with Gasteiger partial charge in [-0.15, -0.1) is 0 Å². The number of aromatic nitrogens is 1. The van der Waals surface area contributed by atoms with Gasteiger partial charge in [0.05, 0.1) is 5.56 Å². The molecule has 1 atom stereocenters. The summed E-state index contributed by atoms with van der Waals surface area (Å²) >= 11 is 0. The SMILES string of the molecule is CCOCCCCCCCCCC(C)c1cccc2[nH]c(C)c(C(=O)c3ccccc3)c12. The molecule has 1 N–H and O–H groups in total. The molecule has 0 amide bonds. The number of benzene rings is 2. The number of aromatic amines is 1. The lowest BCUT2D eigenvalue weighted by molar-refractivity contribution is 0.103. The molecule has 1 aromatic heterocycles. The summed E-state index contributed by atoms with van der Waals surface area (Å²) in [6.07, 6.45) is 10.1. The van der Waals surface area contributed by atoms with E-state index in [1.807, 2.05) is 37.3 Å². The molecule has 0 spiro atoms. The van der Waals surface area contributed by atoms with Crippen LogP contribution in [0.15, 0.2) is 48.5 Å². The number of carbonyl (C=O) groups excluding carboxylic acids is 1. The Morgan fingerprint density at radius 1 is 0.906 bits per heavy atom. The second-order valence-electron chi connectivity index (χ2n) is 8.95. The van der Waals surface area contributed by atoms with Crippen LogP contribution in [0.25, 0.3) is 10.9 Å². The van der Waals surface area contributed by atoms with Crippen LogP contribution in [0.4, 0.5) is 0 Å². The lowest BCUT2D eigenvalue weighted by Gasteiger charge is -2.15. The number of unbranched alkanes of at least 4 members (excludes halogenated alkanes) is 6. The third kappa shape index (κ3) is 6.32. The first-order chi connectivity index (χ1) is 15.6. The number of ketones is 1. The average Bonchev–Trinajstić information content (AvgIpc) is 3.16. The number of fused-ring (bicyclic) bond motifs is 1. The standard InChI is InChI=1S/C29H39NO2/c1-4-32-21-14-9-7-5-6-8-11-16-22(2)25-19-15-20-26-28(25)27(23(3)30-26)29(31)24-17-12-10-13-18-24/h10,12-13,15,17-20,22,30H,4-9,11,14,16,21H2,1-3H3. The molecule has 3 nitrogen and oxygen atoms in total. The molecule has 0 fully saturated rings. The monoisotopic (exact) mass is 433 g/mol. The molecule has 0 aliphatic carbocycles. The summed E-state index contributed by atoms with van der Waals surface area (Å²) in [5.74, 6) is 0.542. The van der Waals surface area contributed by atoms with Gasteiger partial charge in [0.1, 0.15) is 0 Å². The van der Waals surface area contributed by atoms with Crippen LogP contribution in [0.5, 0.6) is 0 Å². The number of carbonyl (C=O) groups is 1. The van der Waals surface area contributed by atoms with Crippen molar-refractivity contribution in [1.82, 2.24) is 4.98 Å². The Morgan fingerprint density at radius 3 is 2.31 bits per heavy atom. The van der Waals surface area contributed by atoms with Crippen molar-refractivity contribution in [2.45, 2.75) is 78.1 Å². The molecule has 0 saturated heterocycles. The van der Waals surface area contributed by atoms with Gasteiger partial charge in [-0.05, 0) is 44.2 Å². The van der Waals surface area contributed by atoms with E-state index in [0.717, 1.165) is 47.4 Å². The van der Waals surface area contributed by atoms with Gasteiger partial charge in [-0.2, -0.15) is 0 Å². The summed E-state index contributed by atoms with van der Waals surface area (Å²) in [5.41, 5.74) is 4.90. The molecule has 3 rings (SSSR count). The Balaban J connectivity index is 1.59. The molecule has 0 bridgehead atoms. The minimum Gasteiger partial charge on any atom is -0.382 e. The van der Waals surface area contributed by atoms with Crippen LogP contribution in [-0.4, -0.2) is 24.0 Å². The number of nitrogens with one attached hydrogen (secondary N) is 1. The van der Waals surface area contributed by atoms with E-state index in [-0.39, 0.29) is 5.78 Å². The van der Waals surface area contributed by atoms with Crippen molar-refractivity contribution in [1.29, 1.82) is 0 Å². The maximum Gasteiger partial charge on any atom is 0.195 e. The van der Waals surface area contributed by atoms with E-state index in [9.17, 15) is 4.79 Å². The van der Waals surface area contributed by atoms with Gasteiger partial charge in [-0.3, -0.25) is 4.79 Å². The molecule has 3 heteroatoms. The number of ether oxygens (including phenoxy) is 1. The van der Waals surface area contributed by atoms with Gasteiger partial charge in [-0.1, -0.05) is 87.9 Å². The van der Waals surface area contributed by atoms with Gasteiger partial charge in [0.15, 0.2) is 5.78 Å². The van der Waals surface area contributed by atoms with Gasteiger partial charge >= 0.3 is 0 Å². The summed E-state index contributed by atoms with van der Waals surface area (Å²) in [4.78, 5) is 16.8. The average molecular weight is 434 g/mol. The van der Waals surface area contributed by atoms with E-state index in [0.29, 0.717) is 5.92 Å². The Bertz CT molecular complexity index is 973. The number of H-pyrrole nitrogens is 1. The van der Waals surface area contributed by atoms with Crippen LogP contribution >= 0.6 is 0 Å². The molecule has 32 heavy (non-hydrogen) atoms. The number of aryl methyl sites for hydroxylation is 1. The molecule has 172 valence electrons. The highest BCUT2D eigenvalue weighted by Crippen LogP contribution is 2.34. The van der Waals surface area contributed by atoms with Crippen molar-refractivity contribution in [3.63, 3.8) is 0 Å². The minimum absolute atomic E-state index is 0.110. The Morgan fingerprint density at radius 2 is 1.59 bits per heavy atom. The second kappa shape index (κ2) is 12.6. The Hall–Kier alpha value is -2.39. The largest absolute Gasteiger partial charge is 0.382 e. The smallest absolute Gasteiger partial charge is 0.195 e. The summed E-state index contributed by atoms with van der Waals surface area (Å²) < 4.78 is 5.40. The lowest BCUT2D eigenvalue weighted by atomic mass is 9.89. The van der Waals surface area contributed by atoms with Crippen molar-refractivity contribution in [3.8, 4) is 0 Å². The van der Waals surface area contributed by atoms with Crippen LogP contribution < -0.4 is 0 Å². The van der Waals surface area contributed by atoms with Crippen LogP contribution in [0.1, 0.15) is 98.3 Å². The van der Waals surface area contributed by atoms with Crippen LogP contribution in [0.3, 0.4) is 0 Å². The molecule has 2 aromatic carbocycles. The first-order valence-corrected chi connectivity index (χ1v) is 12.4. The predicted molar refractivity (Wildman–Crippen MR) is 135 cm³/mol. The zero-order valence-electron chi connectivity index (χ0n) is 20.1. The van der Waals surface area contributed by atoms with E-state index >= 15 is 0 Å². The second-order valence-corrected chi connectivity index (χ2v) is 8.95. The van der Waals surface area contributed by atoms with Crippen LogP contribution in [0.2, 0.25) is 0 Å². The van der Waals surface area contributed by atoms with Gasteiger partial charge in [-0.25, -0.2) is 0 Å². The van der Waals surface area contributed by atoms with E-state index in [2.05, 4.69) is 37.0 Å². The summed E-state index contributed by atoms with van der Waals surface area (Å²) in [6.45, 7) is 8.12. The van der Waals surface area contributed by atoms with E-state index in [1.165, 1.54) is 50.5 Å². The third-order valence-corrected chi connectivity index (χ3v) is 6.47.